The second-order valence-corrected chi connectivity index (χ2v) is 7.02. The molecule has 0 spiro atoms. The Labute approximate surface area is 127 Å². The molecule has 1 aliphatic rings. The van der Waals surface area contributed by atoms with Gasteiger partial charge in [-0.1, -0.05) is 39.8 Å². The van der Waals surface area contributed by atoms with Crippen LogP contribution in [0.4, 0.5) is 0 Å². The van der Waals surface area contributed by atoms with E-state index in [1.54, 1.807) is 0 Å². The normalized spacial score (nSPS) is 23.0. The van der Waals surface area contributed by atoms with Gasteiger partial charge in [-0.3, -0.25) is 4.79 Å². The molecule has 1 saturated carbocycles. The van der Waals surface area contributed by atoms with Crippen molar-refractivity contribution in [2.24, 2.45) is 16.4 Å². The number of carbonyl (C=O) groups is 1. The van der Waals surface area contributed by atoms with Crippen LogP contribution in [0.2, 0.25) is 0 Å². The predicted molar refractivity (Wildman–Crippen MR) is 87.5 cm³/mol. The van der Waals surface area contributed by atoms with Crippen molar-refractivity contribution in [2.45, 2.75) is 53.4 Å². The van der Waals surface area contributed by atoms with E-state index in [2.05, 4.69) is 38.2 Å². The lowest BCUT2D eigenvalue weighted by Gasteiger charge is -2.34. The molecule has 21 heavy (non-hydrogen) atoms. The molecule has 1 atom stereocenters. The van der Waals surface area contributed by atoms with Crippen LogP contribution in [0.5, 0.6) is 0 Å². The van der Waals surface area contributed by atoms with Crippen LogP contribution >= 0.6 is 0 Å². The Bertz CT molecular complexity index is 529. The number of amides is 1. The van der Waals surface area contributed by atoms with Crippen LogP contribution in [0.25, 0.3) is 0 Å². The summed E-state index contributed by atoms with van der Waals surface area (Å²) in [5.41, 5.74) is 6.01. The Hall–Kier alpha value is -1.64. The first-order valence-electron chi connectivity index (χ1n) is 7.84. The number of benzene rings is 1. The van der Waals surface area contributed by atoms with Gasteiger partial charge in [0, 0.05) is 11.3 Å². The zero-order valence-electron chi connectivity index (χ0n) is 13.6. The van der Waals surface area contributed by atoms with Crippen LogP contribution in [-0.4, -0.2) is 11.6 Å². The average molecular weight is 286 g/mol. The fraction of sp³-hybridized carbons (Fsp3) is 0.556. The quantitative estimate of drug-likeness (QED) is 0.832. The first-order chi connectivity index (χ1) is 9.89. The number of hydrazone groups is 1. The van der Waals surface area contributed by atoms with E-state index < -0.39 is 0 Å². The van der Waals surface area contributed by atoms with Crippen LogP contribution in [0.3, 0.4) is 0 Å². The summed E-state index contributed by atoms with van der Waals surface area (Å²) < 4.78 is 0. The summed E-state index contributed by atoms with van der Waals surface area (Å²) in [7, 11) is 0. The molecule has 114 valence electrons. The Morgan fingerprint density at radius 1 is 1.33 bits per heavy atom. The second-order valence-electron chi connectivity index (χ2n) is 7.02. The minimum absolute atomic E-state index is 0.124. The van der Waals surface area contributed by atoms with E-state index in [0.29, 0.717) is 11.5 Å². The van der Waals surface area contributed by atoms with E-state index in [4.69, 9.17) is 0 Å². The minimum atomic E-state index is -0.124. The molecule has 3 nitrogen and oxygen atoms in total. The van der Waals surface area contributed by atoms with E-state index in [0.717, 1.165) is 25.0 Å². The molecule has 0 aromatic heterocycles. The Balaban J connectivity index is 2.00. The molecule has 3 heteroatoms. The number of rotatable bonds is 3. The van der Waals surface area contributed by atoms with E-state index in [1.165, 1.54) is 12.0 Å². The largest absolute Gasteiger partial charge is 0.271 e. The van der Waals surface area contributed by atoms with Crippen LogP contribution < -0.4 is 5.43 Å². The van der Waals surface area contributed by atoms with Crippen molar-refractivity contribution in [2.75, 3.05) is 0 Å². The van der Waals surface area contributed by atoms with E-state index in [9.17, 15) is 4.79 Å². The lowest BCUT2D eigenvalue weighted by atomic mass is 9.72. The number of nitrogens with zero attached hydrogens (tertiary/aromatic N) is 1. The van der Waals surface area contributed by atoms with Gasteiger partial charge >= 0.3 is 0 Å². The zero-order chi connectivity index (χ0) is 15.5. The van der Waals surface area contributed by atoms with Crippen LogP contribution in [-0.2, 0) is 6.42 Å². The summed E-state index contributed by atoms with van der Waals surface area (Å²) in [5.74, 6) is 0.509. The molecular weight excluding hydrogens is 260 g/mol. The van der Waals surface area contributed by atoms with Gasteiger partial charge in [-0.15, -0.1) is 0 Å². The van der Waals surface area contributed by atoms with E-state index in [-0.39, 0.29) is 11.3 Å². The predicted octanol–water partition coefficient (Wildman–Crippen LogP) is 4.18. The molecule has 1 fully saturated rings. The van der Waals surface area contributed by atoms with Crippen LogP contribution in [0, 0.1) is 11.3 Å². The highest BCUT2D eigenvalue weighted by Gasteiger charge is 2.29. The van der Waals surface area contributed by atoms with Crippen LogP contribution in [0.1, 0.15) is 62.9 Å². The van der Waals surface area contributed by atoms with Crippen molar-refractivity contribution < 1.29 is 4.79 Å². The summed E-state index contributed by atoms with van der Waals surface area (Å²) in [6.45, 7) is 8.89. The lowest BCUT2D eigenvalue weighted by molar-refractivity contribution is 0.0954. The fourth-order valence-electron chi connectivity index (χ4n) is 3.29. The third-order valence-electron chi connectivity index (χ3n) is 4.11. The van der Waals surface area contributed by atoms with Crippen molar-refractivity contribution in [3.63, 3.8) is 0 Å². The molecule has 0 radical (unpaired) electrons. The highest BCUT2D eigenvalue weighted by atomic mass is 16.2. The summed E-state index contributed by atoms with van der Waals surface area (Å²) in [5, 5.41) is 4.37. The smallest absolute Gasteiger partial charge is 0.267 e. The molecule has 1 N–H and O–H groups in total. The first kappa shape index (κ1) is 15.7. The topological polar surface area (TPSA) is 41.5 Å². The first-order valence-corrected chi connectivity index (χ1v) is 7.84. The molecule has 1 aromatic carbocycles. The molecule has 0 unspecified atom stereocenters. The van der Waals surface area contributed by atoms with Gasteiger partial charge in [-0.2, -0.15) is 5.10 Å². The maximum Gasteiger partial charge on any atom is 0.271 e. The Morgan fingerprint density at radius 3 is 2.57 bits per heavy atom. The van der Waals surface area contributed by atoms with Crippen molar-refractivity contribution in [1.29, 1.82) is 0 Å². The van der Waals surface area contributed by atoms with Gasteiger partial charge in [-0.05, 0) is 54.7 Å². The Kier molecular flexibility index (Phi) is 4.81. The van der Waals surface area contributed by atoms with Gasteiger partial charge < -0.3 is 0 Å². The average Bonchev–Trinajstić information content (AvgIpc) is 2.43. The van der Waals surface area contributed by atoms with Gasteiger partial charge in [0.05, 0.1) is 0 Å². The molecule has 0 saturated heterocycles. The number of hydrogen-bond acceptors (Lipinski definition) is 2. The SMILES string of the molecule is CCc1ccc(C(=O)N/N=C2/C[C@H](C)CC(C)(C)C2)cc1. The zero-order valence-corrected chi connectivity index (χ0v) is 13.6. The highest BCUT2D eigenvalue weighted by Crippen LogP contribution is 2.36. The molecule has 1 aromatic rings. The van der Waals surface area contributed by atoms with E-state index >= 15 is 0 Å². The molecule has 0 aliphatic heterocycles. The van der Waals surface area contributed by atoms with Crippen molar-refractivity contribution >= 4 is 11.6 Å². The van der Waals surface area contributed by atoms with Gasteiger partial charge in [0.15, 0.2) is 0 Å². The second kappa shape index (κ2) is 6.42. The highest BCUT2D eigenvalue weighted by molar-refractivity contribution is 5.95. The molecule has 0 heterocycles. The molecule has 1 aliphatic carbocycles. The summed E-state index contributed by atoms with van der Waals surface area (Å²) in [4.78, 5) is 12.1. The lowest BCUT2D eigenvalue weighted by Crippen LogP contribution is -2.30. The monoisotopic (exact) mass is 286 g/mol. The maximum atomic E-state index is 12.1. The summed E-state index contributed by atoms with van der Waals surface area (Å²) >= 11 is 0. The van der Waals surface area contributed by atoms with Gasteiger partial charge in [0.25, 0.3) is 5.91 Å². The van der Waals surface area contributed by atoms with Gasteiger partial charge in [0.1, 0.15) is 0 Å². The molecular formula is C18H26N2O. The minimum Gasteiger partial charge on any atom is -0.267 e. The molecule has 2 rings (SSSR count). The molecule has 0 bridgehead atoms. The van der Waals surface area contributed by atoms with Crippen LogP contribution in [0.15, 0.2) is 29.4 Å². The van der Waals surface area contributed by atoms with Crippen molar-refractivity contribution in [3.05, 3.63) is 35.4 Å². The summed E-state index contributed by atoms with van der Waals surface area (Å²) in [6.07, 6.45) is 4.15. The Morgan fingerprint density at radius 2 is 2.00 bits per heavy atom. The third kappa shape index (κ3) is 4.42. The van der Waals surface area contributed by atoms with Crippen molar-refractivity contribution in [1.82, 2.24) is 5.43 Å². The molecule has 1 amide bonds. The van der Waals surface area contributed by atoms with Crippen molar-refractivity contribution in [3.8, 4) is 0 Å². The standard InChI is InChI=1S/C18H26N2O/c1-5-14-6-8-15(9-7-14)17(21)20-19-16-10-13(2)11-18(3,4)12-16/h6-9,13H,5,10-12H2,1-4H3,(H,20,21)/b19-16-/t13-/m0/s1. The fourth-order valence-corrected chi connectivity index (χ4v) is 3.29. The summed E-state index contributed by atoms with van der Waals surface area (Å²) in [6, 6.07) is 7.71. The van der Waals surface area contributed by atoms with Gasteiger partial charge in [0.2, 0.25) is 0 Å². The third-order valence-corrected chi connectivity index (χ3v) is 4.11. The van der Waals surface area contributed by atoms with Gasteiger partial charge in [-0.25, -0.2) is 5.43 Å². The number of aryl methyl sites for hydroxylation is 1. The maximum absolute atomic E-state index is 12.1. The number of carbonyl (C=O) groups excluding carboxylic acids is 1. The number of nitrogens with one attached hydrogen (secondary N) is 1. The van der Waals surface area contributed by atoms with E-state index in [1.807, 2.05) is 24.3 Å². The number of hydrogen-bond donors (Lipinski definition) is 1.